The van der Waals surface area contributed by atoms with Crippen molar-refractivity contribution in [1.82, 2.24) is 13.7 Å². The van der Waals surface area contributed by atoms with Gasteiger partial charge in [-0.05, 0) is 82.9 Å². The lowest BCUT2D eigenvalue weighted by molar-refractivity contribution is 1.17. The minimum atomic E-state index is 1.14. The van der Waals surface area contributed by atoms with E-state index in [9.17, 15) is 0 Å². The van der Waals surface area contributed by atoms with Gasteiger partial charge in [0.25, 0.3) is 0 Å². The van der Waals surface area contributed by atoms with Crippen LogP contribution < -0.4 is 0 Å². The molecule has 0 N–H and O–H groups in total. The molecule has 0 aliphatic rings. The first kappa shape index (κ1) is 31.7. The van der Waals surface area contributed by atoms with E-state index < -0.39 is 0 Å². The summed E-state index contributed by atoms with van der Waals surface area (Å²) < 4.78 is 7.50. The molecule has 0 aliphatic carbocycles. The molecular weight excluding hydrogens is 691 g/mol. The average molecular weight is 726 g/mol. The number of nitrogens with zero attached hydrogens (tertiary/aromatic N) is 3. The molecule has 3 nitrogen and oxygen atoms in total. The third-order valence-electron chi connectivity index (χ3n) is 11.8. The van der Waals surface area contributed by atoms with Crippen LogP contribution in [-0.2, 0) is 0 Å². The van der Waals surface area contributed by atoms with E-state index in [1.807, 2.05) is 0 Å². The summed E-state index contributed by atoms with van der Waals surface area (Å²) in [6.07, 6.45) is 0. The minimum absolute atomic E-state index is 1.14. The highest BCUT2D eigenvalue weighted by atomic mass is 15.0. The van der Waals surface area contributed by atoms with E-state index in [1.165, 1.54) is 87.7 Å². The average Bonchev–Trinajstić information content (AvgIpc) is 3.93. The highest BCUT2D eigenvalue weighted by Gasteiger charge is 2.26. The second-order valence-corrected chi connectivity index (χ2v) is 14.9. The monoisotopic (exact) mass is 725 g/mol. The Morgan fingerprint density at radius 2 is 0.561 bits per heavy atom. The summed E-state index contributed by atoms with van der Waals surface area (Å²) in [7, 11) is 0. The Balaban J connectivity index is 1.38. The minimum Gasteiger partial charge on any atom is -0.309 e. The van der Waals surface area contributed by atoms with Gasteiger partial charge < -0.3 is 13.7 Å². The second kappa shape index (κ2) is 12.5. The molecule has 0 fully saturated rings. The van der Waals surface area contributed by atoms with Crippen LogP contribution in [0.2, 0.25) is 0 Å². The van der Waals surface area contributed by atoms with E-state index in [1.54, 1.807) is 0 Å². The third-order valence-corrected chi connectivity index (χ3v) is 11.8. The number of hydrogen-bond donors (Lipinski definition) is 0. The number of aromatic nitrogens is 3. The van der Waals surface area contributed by atoms with Crippen LogP contribution >= 0.6 is 0 Å². The Labute approximate surface area is 329 Å². The van der Waals surface area contributed by atoms with Crippen LogP contribution in [-0.4, -0.2) is 13.7 Å². The molecule has 0 atom stereocenters. The first-order valence-corrected chi connectivity index (χ1v) is 19.6. The van der Waals surface area contributed by atoms with E-state index in [4.69, 9.17) is 0 Å². The first-order valence-electron chi connectivity index (χ1n) is 19.6. The van der Waals surface area contributed by atoms with Gasteiger partial charge in [-0.2, -0.15) is 0 Å². The molecule has 0 spiro atoms. The number of fused-ring (bicyclic) bond motifs is 11. The molecule has 0 saturated heterocycles. The zero-order valence-corrected chi connectivity index (χ0v) is 31.0. The van der Waals surface area contributed by atoms with Crippen molar-refractivity contribution in [2.24, 2.45) is 0 Å². The fraction of sp³-hybridized carbons (Fsp3) is 0. The van der Waals surface area contributed by atoms with Crippen LogP contribution in [0.1, 0.15) is 0 Å². The summed E-state index contributed by atoms with van der Waals surface area (Å²) in [5.74, 6) is 0. The van der Waals surface area contributed by atoms with Gasteiger partial charge in [-0.3, -0.25) is 0 Å². The molecule has 0 aliphatic heterocycles. The van der Waals surface area contributed by atoms with E-state index >= 15 is 0 Å². The van der Waals surface area contributed by atoms with Crippen LogP contribution in [0.3, 0.4) is 0 Å². The van der Waals surface area contributed by atoms with E-state index in [2.05, 4.69) is 226 Å². The van der Waals surface area contributed by atoms with Crippen LogP contribution in [0, 0.1) is 0 Å². The van der Waals surface area contributed by atoms with E-state index in [-0.39, 0.29) is 0 Å². The molecular formula is C54H35N3. The van der Waals surface area contributed by atoms with Gasteiger partial charge in [-0.15, -0.1) is 0 Å². The maximum Gasteiger partial charge on any atom is 0.0642 e. The van der Waals surface area contributed by atoms with E-state index in [0.717, 1.165) is 17.1 Å². The fourth-order valence-electron chi connectivity index (χ4n) is 9.55. The van der Waals surface area contributed by atoms with Crippen molar-refractivity contribution in [1.29, 1.82) is 0 Å². The maximum absolute atomic E-state index is 2.51. The van der Waals surface area contributed by atoms with Gasteiger partial charge in [-0.1, -0.05) is 152 Å². The van der Waals surface area contributed by atoms with Crippen molar-refractivity contribution in [3.8, 4) is 39.3 Å². The predicted molar refractivity (Wildman–Crippen MR) is 240 cm³/mol. The van der Waals surface area contributed by atoms with Crippen molar-refractivity contribution < 1.29 is 0 Å². The van der Waals surface area contributed by atoms with Crippen molar-refractivity contribution in [2.45, 2.75) is 0 Å². The van der Waals surface area contributed by atoms with Crippen LogP contribution in [0.5, 0.6) is 0 Å². The number of benzene rings is 9. The highest BCUT2D eigenvalue weighted by molar-refractivity contribution is 6.34. The van der Waals surface area contributed by atoms with Gasteiger partial charge in [-0.25, -0.2) is 0 Å². The molecule has 12 rings (SSSR count). The molecule has 0 saturated carbocycles. The first-order chi connectivity index (χ1) is 28.3. The van der Waals surface area contributed by atoms with Crippen molar-refractivity contribution in [2.75, 3.05) is 0 Å². The molecule has 9 aromatic carbocycles. The lowest BCUT2D eigenvalue weighted by Gasteiger charge is -2.11. The molecule has 0 bridgehead atoms. The quantitative estimate of drug-likeness (QED) is 0.168. The summed E-state index contributed by atoms with van der Waals surface area (Å²) >= 11 is 0. The Bertz CT molecular complexity index is 3250. The fourth-order valence-corrected chi connectivity index (χ4v) is 9.55. The topological polar surface area (TPSA) is 14.8 Å². The molecule has 3 heterocycles. The lowest BCUT2D eigenvalue weighted by Crippen LogP contribution is -1.95. The third kappa shape index (κ3) is 4.60. The van der Waals surface area contributed by atoms with Gasteiger partial charge in [0.1, 0.15) is 0 Å². The van der Waals surface area contributed by atoms with Crippen LogP contribution in [0.15, 0.2) is 212 Å². The molecule has 266 valence electrons. The Morgan fingerprint density at radius 3 is 0.947 bits per heavy atom. The van der Waals surface area contributed by atoms with Crippen molar-refractivity contribution in [3.63, 3.8) is 0 Å². The van der Waals surface area contributed by atoms with Gasteiger partial charge >= 0.3 is 0 Å². The van der Waals surface area contributed by atoms with Gasteiger partial charge in [0.15, 0.2) is 0 Å². The molecule has 12 aromatic rings. The maximum atomic E-state index is 2.51. The molecule has 0 amide bonds. The van der Waals surface area contributed by atoms with Gasteiger partial charge in [0, 0.05) is 49.4 Å². The summed E-state index contributed by atoms with van der Waals surface area (Å²) in [5.41, 5.74) is 15.4. The standard InChI is InChI=1S/C54H35N3/c1-6-18-36(19-7-1)41-28-16-30-45-49(41)43-32-34-47-51(53(43)56(45)39-24-12-4-13-25-39)52-48(55(47)38-22-10-3-11-23-38)35-33-44-50-42(37-20-8-2-9-21-37)29-17-31-46(50)57(54(44)52)40-26-14-5-15-27-40/h1-35H. The zero-order valence-electron chi connectivity index (χ0n) is 31.0. The lowest BCUT2D eigenvalue weighted by atomic mass is 9.98. The predicted octanol–water partition coefficient (Wildman–Crippen LogP) is 14.3. The second-order valence-electron chi connectivity index (χ2n) is 14.9. The molecule has 0 unspecified atom stereocenters. The van der Waals surface area contributed by atoms with E-state index in [0.29, 0.717) is 0 Å². The number of hydrogen-bond acceptors (Lipinski definition) is 0. The summed E-state index contributed by atoms with van der Waals surface area (Å²) in [6.45, 7) is 0. The molecule has 0 radical (unpaired) electrons. The van der Waals surface area contributed by atoms with Crippen LogP contribution in [0.4, 0.5) is 0 Å². The molecule has 3 aromatic heterocycles. The Morgan fingerprint density at radius 1 is 0.228 bits per heavy atom. The Hall–Kier alpha value is -7.62. The van der Waals surface area contributed by atoms with Gasteiger partial charge in [0.05, 0.1) is 33.1 Å². The molecule has 3 heteroatoms. The normalized spacial score (nSPS) is 11.9. The smallest absolute Gasteiger partial charge is 0.0642 e. The van der Waals surface area contributed by atoms with Gasteiger partial charge in [0.2, 0.25) is 0 Å². The highest BCUT2D eigenvalue weighted by Crippen LogP contribution is 2.49. The van der Waals surface area contributed by atoms with Crippen LogP contribution in [0.25, 0.3) is 105 Å². The number of para-hydroxylation sites is 3. The Kier molecular flexibility index (Phi) is 6.93. The zero-order chi connectivity index (χ0) is 37.5. The SMILES string of the molecule is c1ccc(-c2cccc3c2c2ccc4c(c5c(ccc6c7c(-c8ccccc8)cccc7n(-c7ccccc7)c65)n4-c4ccccc4)c2n3-c2ccccc2)cc1. The van der Waals surface area contributed by atoms with Crippen molar-refractivity contribution in [3.05, 3.63) is 212 Å². The van der Waals surface area contributed by atoms with Crippen molar-refractivity contribution >= 4 is 65.4 Å². The summed E-state index contributed by atoms with van der Waals surface area (Å²) in [4.78, 5) is 0. The largest absolute Gasteiger partial charge is 0.309 e. The molecule has 57 heavy (non-hydrogen) atoms. The summed E-state index contributed by atoms with van der Waals surface area (Å²) in [5, 5.41) is 7.45. The summed E-state index contributed by atoms with van der Waals surface area (Å²) in [6, 6.07) is 77.3. The number of rotatable bonds is 5.